The molecule has 90 valence electrons. The lowest BCUT2D eigenvalue weighted by atomic mass is 9.64. The number of aliphatic hydroxyl groups is 1. The Morgan fingerprint density at radius 3 is 2.47 bits per heavy atom. The molecule has 0 spiro atoms. The summed E-state index contributed by atoms with van der Waals surface area (Å²) in [6.45, 7) is 8.80. The summed E-state index contributed by atoms with van der Waals surface area (Å²) in [5.41, 5.74) is 0.0691. The van der Waals surface area contributed by atoms with Gasteiger partial charge in [0.15, 0.2) is 0 Å². The second-order valence-corrected chi connectivity index (χ2v) is 5.54. The first-order valence-corrected chi connectivity index (χ1v) is 6.46. The molecule has 2 N–H and O–H groups in total. The maximum atomic E-state index is 9.67. The van der Waals surface area contributed by atoms with Gasteiger partial charge in [-0.05, 0) is 19.3 Å². The predicted octanol–water partition coefficient (Wildman–Crippen LogP) is 2.70. The molecule has 1 rings (SSSR count). The molecule has 0 heterocycles. The van der Waals surface area contributed by atoms with Crippen LogP contribution in [-0.4, -0.2) is 23.3 Å². The monoisotopic (exact) mass is 213 g/mol. The zero-order valence-electron chi connectivity index (χ0n) is 10.7. The highest BCUT2D eigenvalue weighted by atomic mass is 16.3. The van der Waals surface area contributed by atoms with Gasteiger partial charge in [-0.1, -0.05) is 40.5 Å². The Morgan fingerprint density at radius 1 is 1.40 bits per heavy atom. The quantitative estimate of drug-likeness (QED) is 0.711. The molecule has 2 nitrogen and oxygen atoms in total. The molecule has 15 heavy (non-hydrogen) atoms. The number of hydrogen-bond donors (Lipinski definition) is 2. The molecule has 1 aliphatic carbocycles. The van der Waals surface area contributed by atoms with Gasteiger partial charge in [-0.15, -0.1) is 0 Å². The van der Waals surface area contributed by atoms with Crippen molar-refractivity contribution in [2.75, 3.05) is 0 Å². The van der Waals surface area contributed by atoms with E-state index in [9.17, 15) is 5.11 Å². The molecule has 0 saturated heterocycles. The summed E-state index contributed by atoms with van der Waals surface area (Å²) in [6, 6.07) is 1.15. The molecular weight excluding hydrogens is 186 g/mol. The van der Waals surface area contributed by atoms with Crippen LogP contribution in [0.25, 0.3) is 0 Å². The van der Waals surface area contributed by atoms with Gasteiger partial charge in [0.05, 0.1) is 6.10 Å². The highest BCUT2D eigenvalue weighted by Gasteiger charge is 2.47. The maximum absolute atomic E-state index is 9.67. The first kappa shape index (κ1) is 13.0. The summed E-state index contributed by atoms with van der Waals surface area (Å²) >= 11 is 0. The molecular formula is C13H27NO. The summed E-state index contributed by atoms with van der Waals surface area (Å²) in [5.74, 6) is 0. The average molecular weight is 213 g/mol. The van der Waals surface area contributed by atoms with Gasteiger partial charge in [0.2, 0.25) is 0 Å². The molecule has 0 aromatic rings. The van der Waals surface area contributed by atoms with E-state index in [0.29, 0.717) is 12.1 Å². The third-order valence-electron chi connectivity index (χ3n) is 4.05. The van der Waals surface area contributed by atoms with Gasteiger partial charge in [0.25, 0.3) is 0 Å². The first-order chi connectivity index (χ1) is 7.02. The summed E-state index contributed by atoms with van der Waals surface area (Å²) in [4.78, 5) is 0. The Hall–Kier alpha value is -0.0800. The van der Waals surface area contributed by atoms with Crippen LogP contribution in [0.4, 0.5) is 0 Å². The average Bonchev–Trinajstić information content (AvgIpc) is 2.22. The molecule has 1 fully saturated rings. The lowest BCUT2D eigenvalue weighted by Crippen LogP contribution is -2.61. The third-order valence-corrected chi connectivity index (χ3v) is 4.05. The number of aliphatic hydroxyl groups excluding tert-OH is 1. The van der Waals surface area contributed by atoms with Gasteiger partial charge in [-0.25, -0.2) is 0 Å². The van der Waals surface area contributed by atoms with E-state index in [1.54, 1.807) is 0 Å². The minimum absolute atomic E-state index is 0.0691. The first-order valence-electron chi connectivity index (χ1n) is 6.46. The van der Waals surface area contributed by atoms with E-state index in [0.717, 1.165) is 6.42 Å². The van der Waals surface area contributed by atoms with Crippen LogP contribution >= 0.6 is 0 Å². The van der Waals surface area contributed by atoms with Crippen molar-refractivity contribution in [1.82, 2.24) is 5.32 Å². The number of hydrogen-bond acceptors (Lipinski definition) is 2. The van der Waals surface area contributed by atoms with Crippen LogP contribution < -0.4 is 5.32 Å². The summed E-state index contributed by atoms with van der Waals surface area (Å²) in [7, 11) is 0. The molecule has 3 unspecified atom stereocenters. The number of rotatable bonds is 6. The lowest BCUT2D eigenvalue weighted by Gasteiger charge is -2.51. The molecule has 3 atom stereocenters. The van der Waals surface area contributed by atoms with Crippen LogP contribution in [0.15, 0.2) is 0 Å². The van der Waals surface area contributed by atoms with Gasteiger partial charge in [-0.3, -0.25) is 0 Å². The van der Waals surface area contributed by atoms with Gasteiger partial charge in [0, 0.05) is 17.5 Å². The highest BCUT2D eigenvalue weighted by molar-refractivity contribution is 5.02. The number of nitrogens with one attached hydrogen (secondary N) is 1. The molecule has 0 aromatic carbocycles. The zero-order chi connectivity index (χ0) is 11.5. The van der Waals surface area contributed by atoms with Crippen molar-refractivity contribution >= 4 is 0 Å². The Balaban J connectivity index is 2.33. The van der Waals surface area contributed by atoms with E-state index < -0.39 is 0 Å². The Bertz CT molecular complexity index is 191. The second-order valence-electron chi connectivity index (χ2n) is 5.54. The standard InChI is InChI=1S/C13H27NO/c1-5-7-8-10(6-2)14-11-9-12(15)13(11,3)4/h10-12,14-15H,5-9H2,1-4H3. The SMILES string of the molecule is CCCCC(CC)NC1CC(O)C1(C)C. The van der Waals surface area contributed by atoms with Gasteiger partial charge >= 0.3 is 0 Å². The van der Waals surface area contributed by atoms with Crippen molar-refractivity contribution in [1.29, 1.82) is 0 Å². The predicted molar refractivity (Wildman–Crippen MR) is 64.9 cm³/mol. The van der Waals surface area contributed by atoms with Gasteiger partial charge in [0.1, 0.15) is 0 Å². The molecule has 0 radical (unpaired) electrons. The fraction of sp³-hybridized carbons (Fsp3) is 1.00. The molecule has 1 aliphatic rings. The normalized spacial score (nSPS) is 31.0. The van der Waals surface area contributed by atoms with E-state index in [1.165, 1.54) is 25.7 Å². The number of unbranched alkanes of at least 4 members (excludes halogenated alkanes) is 1. The Kier molecular flexibility index (Phi) is 4.60. The van der Waals surface area contributed by atoms with E-state index in [1.807, 2.05) is 0 Å². The van der Waals surface area contributed by atoms with Crippen LogP contribution in [0.3, 0.4) is 0 Å². The van der Waals surface area contributed by atoms with Crippen molar-refractivity contribution in [3.8, 4) is 0 Å². The van der Waals surface area contributed by atoms with Crippen molar-refractivity contribution in [3.05, 3.63) is 0 Å². The minimum atomic E-state index is -0.112. The van der Waals surface area contributed by atoms with Crippen molar-refractivity contribution in [3.63, 3.8) is 0 Å². The minimum Gasteiger partial charge on any atom is -0.392 e. The van der Waals surface area contributed by atoms with E-state index in [-0.39, 0.29) is 11.5 Å². The summed E-state index contributed by atoms with van der Waals surface area (Å²) < 4.78 is 0. The van der Waals surface area contributed by atoms with Crippen LogP contribution in [0.2, 0.25) is 0 Å². The highest BCUT2D eigenvalue weighted by Crippen LogP contribution is 2.40. The molecule has 2 heteroatoms. The van der Waals surface area contributed by atoms with Crippen LogP contribution in [0.5, 0.6) is 0 Å². The van der Waals surface area contributed by atoms with Crippen LogP contribution in [0, 0.1) is 5.41 Å². The van der Waals surface area contributed by atoms with Crippen LogP contribution in [-0.2, 0) is 0 Å². The Labute approximate surface area is 94.5 Å². The van der Waals surface area contributed by atoms with Crippen LogP contribution in [0.1, 0.15) is 59.8 Å². The summed E-state index contributed by atoms with van der Waals surface area (Å²) in [6.07, 6.45) is 5.86. The third kappa shape index (κ3) is 2.94. The van der Waals surface area contributed by atoms with E-state index in [2.05, 4.69) is 33.0 Å². The molecule has 0 aromatic heterocycles. The van der Waals surface area contributed by atoms with Crippen molar-refractivity contribution < 1.29 is 5.11 Å². The van der Waals surface area contributed by atoms with Gasteiger partial charge in [-0.2, -0.15) is 0 Å². The van der Waals surface area contributed by atoms with Crippen molar-refractivity contribution in [2.24, 2.45) is 5.41 Å². The van der Waals surface area contributed by atoms with E-state index in [4.69, 9.17) is 0 Å². The largest absolute Gasteiger partial charge is 0.392 e. The summed E-state index contributed by atoms with van der Waals surface area (Å²) in [5, 5.41) is 13.4. The maximum Gasteiger partial charge on any atom is 0.0621 e. The molecule has 0 aliphatic heterocycles. The van der Waals surface area contributed by atoms with E-state index >= 15 is 0 Å². The van der Waals surface area contributed by atoms with Crippen molar-refractivity contribution in [2.45, 2.75) is 78.0 Å². The second kappa shape index (κ2) is 5.31. The molecule has 1 saturated carbocycles. The smallest absolute Gasteiger partial charge is 0.0621 e. The van der Waals surface area contributed by atoms with Gasteiger partial charge < -0.3 is 10.4 Å². The zero-order valence-corrected chi connectivity index (χ0v) is 10.7. The fourth-order valence-corrected chi connectivity index (χ4v) is 2.33. The lowest BCUT2D eigenvalue weighted by molar-refractivity contribution is -0.0763. The topological polar surface area (TPSA) is 32.3 Å². The fourth-order valence-electron chi connectivity index (χ4n) is 2.33. The Morgan fingerprint density at radius 2 is 2.07 bits per heavy atom. The molecule has 0 bridgehead atoms. The molecule has 0 amide bonds.